The van der Waals surface area contributed by atoms with Crippen LogP contribution in [0.2, 0.25) is 0 Å². The van der Waals surface area contributed by atoms with Crippen molar-refractivity contribution >= 4 is 21.9 Å². The second-order valence-corrected chi connectivity index (χ2v) is 3.16. The molecule has 0 saturated heterocycles. The van der Waals surface area contributed by atoms with Crippen LogP contribution in [0.25, 0.3) is 0 Å². The van der Waals surface area contributed by atoms with Crippen LogP contribution in [0.15, 0.2) is 4.47 Å². The highest BCUT2D eigenvalue weighted by atomic mass is 79.9. The van der Waals surface area contributed by atoms with Crippen LogP contribution in [0.1, 0.15) is 24.3 Å². The predicted octanol–water partition coefficient (Wildman–Crippen LogP) is 1.75. The van der Waals surface area contributed by atoms with Crippen LogP contribution in [0.3, 0.4) is 0 Å². The molecular weight excluding hydrogens is 252 g/mol. The molecular formula is C8H11BrN2O3. The normalized spacial score (nSPS) is 9.93. The van der Waals surface area contributed by atoms with Gasteiger partial charge in [-0.25, -0.2) is 4.79 Å². The minimum atomic E-state index is -0.446. The predicted molar refractivity (Wildman–Crippen MR) is 53.4 cm³/mol. The number of hydrogen-bond acceptors (Lipinski definition) is 4. The molecule has 14 heavy (non-hydrogen) atoms. The maximum Gasteiger partial charge on any atom is 0.357 e. The number of halogens is 1. The molecule has 0 aromatic carbocycles. The second-order valence-electron chi connectivity index (χ2n) is 2.37. The fraction of sp³-hybridized carbons (Fsp3) is 0.500. The summed E-state index contributed by atoms with van der Waals surface area (Å²) in [7, 11) is 0. The fourth-order valence-corrected chi connectivity index (χ4v) is 1.34. The Labute approximate surface area is 89.9 Å². The number of nitrogens with one attached hydrogen (secondary N) is 1. The summed E-state index contributed by atoms with van der Waals surface area (Å²) in [6.07, 6.45) is 0. The van der Waals surface area contributed by atoms with Gasteiger partial charge in [-0.2, -0.15) is 0 Å². The Balaban J connectivity index is 2.83. The van der Waals surface area contributed by atoms with E-state index in [9.17, 15) is 4.79 Å². The first-order valence-electron chi connectivity index (χ1n) is 4.24. The summed E-state index contributed by atoms with van der Waals surface area (Å²) in [5, 5.41) is 6.36. The van der Waals surface area contributed by atoms with Crippen molar-refractivity contribution in [2.75, 3.05) is 13.2 Å². The van der Waals surface area contributed by atoms with Crippen LogP contribution in [-0.2, 0) is 4.74 Å². The third-order valence-corrected chi connectivity index (χ3v) is 2.17. The monoisotopic (exact) mass is 262 g/mol. The third-order valence-electron chi connectivity index (χ3n) is 1.44. The van der Waals surface area contributed by atoms with Gasteiger partial charge in [0.2, 0.25) is 5.88 Å². The Bertz CT molecular complexity index is 324. The summed E-state index contributed by atoms with van der Waals surface area (Å²) in [5.41, 5.74) is 0.273. The van der Waals surface area contributed by atoms with Gasteiger partial charge in [0.15, 0.2) is 5.69 Å². The number of nitrogens with zero attached hydrogens (tertiary/aromatic N) is 1. The molecule has 0 saturated carbocycles. The molecule has 0 unspecified atom stereocenters. The minimum absolute atomic E-state index is 0.273. The fourth-order valence-electron chi connectivity index (χ4n) is 0.883. The van der Waals surface area contributed by atoms with Crippen molar-refractivity contribution < 1.29 is 14.3 Å². The van der Waals surface area contributed by atoms with Gasteiger partial charge in [-0.05, 0) is 29.8 Å². The van der Waals surface area contributed by atoms with Crippen LogP contribution < -0.4 is 4.74 Å². The number of carbonyl (C=O) groups is 1. The van der Waals surface area contributed by atoms with Crippen molar-refractivity contribution in [2.24, 2.45) is 0 Å². The molecule has 1 rings (SSSR count). The molecule has 1 N–H and O–H groups in total. The molecule has 1 heterocycles. The lowest BCUT2D eigenvalue weighted by Gasteiger charge is -1.99. The molecule has 0 atom stereocenters. The number of esters is 1. The lowest BCUT2D eigenvalue weighted by atomic mass is 10.4. The number of H-pyrrole nitrogens is 1. The van der Waals surface area contributed by atoms with Gasteiger partial charge in [0.25, 0.3) is 0 Å². The molecule has 0 spiro atoms. The average Bonchev–Trinajstić information content (AvgIpc) is 2.49. The van der Waals surface area contributed by atoms with Gasteiger partial charge >= 0.3 is 5.97 Å². The first-order valence-corrected chi connectivity index (χ1v) is 5.03. The van der Waals surface area contributed by atoms with Crippen LogP contribution in [0.5, 0.6) is 5.88 Å². The van der Waals surface area contributed by atoms with Gasteiger partial charge in [0.1, 0.15) is 4.47 Å². The molecule has 0 bridgehead atoms. The number of rotatable bonds is 4. The van der Waals surface area contributed by atoms with E-state index in [0.29, 0.717) is 23.6 Å². The zero-order valence-electron chi connectivity index (χ0n) is 7.96. The summed E-state index contributed by atoms with van der Waals surface area (Å²) >= 11 is 3.20. The van der Waals surface area contributed by atoms with Crippen molar-refractivity contribution in [3.05, 3.63) is 10.2 Å². The van der Waals surface area contributed by atoms with Crippen molar-refractivity contribution in [3.8, 4) is 5.88 Å². The quantitative estimate of drug-likeness (QED) is 0.840. The number of ether oxygens (including phenoxy) is 2. The standard InChI is InChI=1S/C8H11BrN2O3/c1-3-13-7-5(9)6(10-11-7)8(12)14-4-2/h3-4H2,1-2H3,(H,10,11). The van der Waals surface area contributed by atoms with E-state index < -0.39 is 5.97 Å². The van der Waals surface area contributed by atoms with Crippen molar-refractivity contribution in [1.82, 2.24) is 10.2 Å². The SMILES string of the molecule is CCOC(=O)c1[nH]nc(OCC)c1Br. The topological polar surface area (TPSA) is 64.2 Å². The Morgan fingerprint density at radius 2 is 2.21 bits per heavy atom. The summed E-state index contributed by atoms with van der Waals surface area (Å²) in [4.78, 5) is 11.3. The highest BCUT2D eigenvalue weighted by Crippen LogP contribution is 2.26. The number of aromatic nitrogens is 2. The van der Waals surface area contributed by atoms with Gasteiger partial charge in [-0.1, -0.05) is 0 Å². The largest absolute Gasteiger partial charge is 0.476 e. The van der Waals surface area contributed by atoms with E-state index in [4.69, 9.17) is 9.47 Å². The highest BCUT2D eigenvalue weighted by molar-refractivity contribution is 9.10. The van der Waals surface area contributed by atoms with Gasteiger partial charge in [0.05, 0.1) is 13.2 Å². The van der Waals surface area contributed by atoms with E-state index in [-0.39, 0.29) is 5.69 Å². The maximum absolute atomic E-state index is 11.3. The first-order chi connectivity index (χ1) is 6.70. The van der Waals surface area contributed by atoms with Crippen LogP contribution >= 0.6 is 15.9 Å². The molecule has 1 aromatic rings. The van der Waals surface area contributed by atoms with E-state index in [2.05, 4.69) is 26.1 Å². The van der Waals surface area contributed by atoms with Crippen molar-refractivity contribution in [3.63, 3.8) is 0 Å². The van der Waals surface area contributed by atoms with E-state index in [0.717, 1.165) is 0 Å². The Morgan fingerprint density at radius 3 is 2.79 bits per heavy atom. The summed E-state index contributed by atoms with van der Waals surface area (Å²) in [5.74, 6) is -0.0756. The molecule has 1 aromatic heterocycles. The maximum atomic E-state index is 11.3. The molecule has 0 fully saturated rings. The van der Waals surface area contributed by atoms with E-state index in [1.165, 1.54) is 0 Å². The van der Waals surface area contributed by atoms with Crippen molar-refractivity contribution in [2.45, 2.75) is 13.8 Å². The van der Waals surface area contributed by atoms with Gasteiger partial charge in [0, 0.05) is 0 Å². The molecule has 0 aliphatic heterocycles. The first kappa shape index (κ1) is 11.0. The average molecular weight is 263 g/mol. The van der Waals surface area contributed by atoms with E-state index in [1.54, 1.807) is 6.92 Å². The Morgan fingerprint density at radius 1 is 1.50 bits per heavy atom. The summed E-state index contributed by atoms with van der Waals surface area (Å²) in [6, 6.07) is 0. The minimum Gasteiger partial charge on any atom is -0.476 e. The van der Waals surface area contributed by atoms with E-state index in [1.807, 2.05) is 6.92 Å². The zero-order chi connectivity index (χ0) is 10.6. The molecule has 0 amide bonds. The Kier molecular flexibility index (Phi) is 3.94. The van der Waals surface area contributed by atoms with Gasteiger partial charge in [-0.3, -0.25) is 5.10 Å². The number of hydrogen-bond donors (Lipinski definition) is 1. The number of aromatic amines is 1. The lowest BCUT2D eigenvalue weighted by molar-refractivity contribution is 0.0518. The third kappa shape index (κ3) is 2.25. The van der Waals surface area contributed by atoms with Crippen molar-refractivity contribution in [1.29, 1.82) is 0 Å². The van der Waals surface area contributed by atoms with Gasteiger partial charge in [-0.15, -0.1) is 5.10 Å². The molecule has 0 aliphatic carbocycles. The molecule has 0 radical (unpaired) electrons. The summed E-state index contributed by atoms with van der Waals surface area (Å²) in [6.45, 7) is 4.40. The lowest BCUT2D eigenvalue weighted by Crippen LogP contribution is -2.05. The molecule has 5 nitrogen and oxygen atoms in total. The van der Waals surface area contributed by atoms with Gasteiger partial charge < -0.3 is 9.47 Å². The summed E-state index contributed by atoms with van der Waals surface area (Å²) < 4.78 is 10.5. The molecule has 78 valence electrons. The second kappa shape index (κ2) is 4.99. The molecule has 0 aliphatic rings. The number of carbonyl (C=O) groups excluding carboxylic acids is 1. The Hall–Kier alpha value is -1.04. The van der Waals surface area contributed by atoms with E-state index >= 15 is 0 Å². The molecule has 6 heteroatoms. The van der Waals surface area contributed by atoms with Crippen LogP contribution in [0.4, 0.5) is 0 Å². The smallest absolute Gasteiger partial charge is 0.357 e. The zero-order valence-corrected chi connectivity index (χ0v) is 9.55. The highest BCUT2D eigenvalue weighted by Gasteiger charge is 2.18. The van der Waals surface area contributed by atoms with Crippen LogP contribution in [0, 0.1) is 0 Å². The van der Waals surface area contributed by atoms with Crippen LogP contribution in [-0.4, -0.2) is 29.4 Å².